The van der Waals surface area contributed by atoms with Gasteiger partial charge in [-0.2, -0.15) is 0 Å². The van der Waals surface area contributed by atoms with Crippen molar-refractivity contribution < 1.29 is 9.53 Å². The Balaban J connectivity index is 1.88. The van der Waals surface area contributed by atoms with Crippen molar-refractivity contribution in [3.63, 3.8) is 0 Å². The third-order valence-corrected chi connectivity index (χ3v) is 4.43. The Labute approximate surface area is 134 Å². The third-order valence-electron chi connectivity index (χ3n) is 3.43. The minimum atomic E-state index is -0.141. The zero-order valence-electron chi connectivity index (χ0n) is 12.3. The highest BCUT2D eigenvalue weighted by Gasteiger charge is 2.33. The van der Waals surface area contributed by atoms with Gasteiger partial charge < -0.3 is 4.74 Å². The molecule has 3 rings (SSSR count). The molecular formula is C18H17NO2S. The molecule has 0 radical (unpaired) electrons. The van der Waals surface area contributed by atoms with Crippen LogP contribution >= 0.6 is 11.8 Å². The SMILES string of the molecule is CC(=O)CSC1=N[C@@H](c2ccccc2)[C@H](c2ccccc2)O1. The van der Waals surface area contributed by atoms with Gasteiger partial charge in [0.2, 0.25) is 5.23 Å². The third kappa shape index (κ3) is 3.39. The van der Waals surface area contributed by atoms with E-state index in [-0.39, 0.29) is 17.9 Å². The Morgan fingerprint density at radius 3 is 2.23 bits per heavy atom. The quantitative estimate of drug-likeness (QED) is 0.850. The predicted molar refractivity (Wildman–Crippen MR) is 90.0 cm³/mol. The molecule has 0 aliphatic carbocycles. The second kappa shape index (κ2) is 6.79. The van der Waals surface area contributed by atoms with Gasteiger partial charge in [0.05, 0.1) is 5.75 Å². The molecule has 0 unspecified atom stereocenters. The summed E-state index contributed by atoms with van der Waals surface area (Å²) in [6.07, 6.45) is -0.141. The van der Waals surface area contributed by atoms with Gasteiger partial charge in [-0.15, -0.1) is 0 Å². The number of hydrogen-bond donors (Lipinski definition) is 0. The number of hydrogen-bond acceptors (Lipinski definition) is 4. The number of nitrogens with zero attached hydrogens (tertiary/aromatic N) is 1. The number of benzene rings is 2. The number of carbonyl (C=O) groups is 1. The van der Waals surface area contributed by atoms with Crippen LogP contribution < -0.4 is 0 Å². The standard InChI is InChI=1S/C18H17NO2S/c1-13(20)12-22-18-19-16(14-8-4-2-5-9-14)17(21-18)15-10-6-3-7-11-15/h2-11,16-17H,12H2,1H3/t16-,17-/m0/s1. The van der Waals surface area contributed by atoms with Gasteiger partial charge in [-0.25, -0.2) is 4.99 Å². The summed E-state index contributed by atoms with van der Waals surface area (Å²) in [4.78, 5) is 15.9. The van der Waals surface area contributed by atoms with Gasteiger partial charge in [0.1, 0.15) is 11.8 Å². The van der Waals surface area contributed by atoms with E-state index in [0.29, 0.717) is 11.0 Å². The van der Waals surface area contributed by atoms with E-state index in [1.807, 2.05) is 36.4 Å². The predicted octanol–water partition coefficient (Wildman–Crippen LogP) is 4.18. The van der Waals surface area contributed by atoms with Crippen LogP contribution in [0.5, 0.6) is 0 Å². The monoisotopic (exact) mass is 311 g/mol. The van der Waals surface area contributed by atoms with Crippen molar-refractivity contribution in [1.82, 2.24) is 0 Å². The lowest BCUT2D eigenvalue weighted by atomic mass is 9.97. The Morgan fingerprint density at radius 1 is 1.05 bits per heavy atom. The summed E-state index contributed by atoms with van der Waals surface area (Å²) in [5.74, 6) is 0.512. The first kappa shape index (κ1) is 14.9. The molecule has 112 valence electrons. The number of ether oxygens (including phenoxy) is 1. The van der Waals surface area contributed by atoms with Crippen LogP contribution in [-0.2, 0) is 9.53 Å². The molecule has 0 fully saturated rings. The molecule has 0 N–H and O–H groups in total. The Morgan fingerprint density at radius 2 is 1.64 bits per heavy atom. The molecule has 1 aliphatic heterocycles. The average molecular weight is 311 g/mol. The summed E-state index contributed by atoms with van der Waals surface area (Å²) in [5, 5.41) is 0.595. The molecular weight excluding hydrogens is 294 g/mol. The Bertz CT molecular complexity index is 670. The van der Waals surface area contributed by atoms with Gasteiger partial charge in [0.25, 0.3) is 0 Å². The molecule has 3 nitrogen and oxygen atoms in total. The zero-order chi connectivity index (χ0) is 15.4. The number of ketones is 1. The molecule has 22 heavy (non-hydrogen) atoms. The number of carbonyl (C=O) groups excluding carboxylic acids is 1. The van der Waals surface area contributed by atoms with Crippen LogP contribution in [0.3, 0.4) is 0 Å². The number of rotatable bonds is 4. The Hall–Kier alpha value is -2.07. The summed E-state index contributed by atoms with van der Waals surface area (Å²) in [6.45, 7) is 1.58. The van der Waals surface area contributed by atoms with Gasteiger partial charge in [0, 0.05) is 0 Å². The fourth-order valence-corrected chi connectivity index (χ4v) is 3.10. The van der Waals surface area contributed by atoms with E-state index in [1.54, 1.807) is 6.92 Å². The van der Waals surface area contributed by atoms with Gasteiger partial charge in [-0.05, 0) is 18.1 Å². The maximum absolute atomic E-state index is 11.2. The first-order valence-electron chi connectivity index (χ1n) is 7.20. The molecule has 0 amide bonds. The van der Waals surface area contributed by atoms with Crippen LogP contribution in [0.4, 0.5) is 0 Å². The second-order valence-corrected chi connectivity index (χ2v) is 6.12. The van der Waals surface area contributed by atoms with Crippen LogP contribution in [-0.4, -0.2) is 16.8 Å². The lowest BCUT2D eigenvalue weighted by molar-refractivity contribution is -0.114. The molecule has 1 heterocycles. The van der Waals surface area contributed by atoms with Gasteiger partial charge in [-0.3, -0.25) is 4.79 Å². The van der Waals surface area contributed by atoms with Crippen molar-refractivity contribution >= 4 is 22.8 Å². The van der Waals surface area contributed by atoms with Crippen LogP contribution in [0, 0.1) is 0 Å². The second-order valence-electron chi connectivity index (χ2n) is 5.19. The maximum Gasteiger partial charge on any atom is 0.247 e. The van der Waals surface area contributed by atoms with Crippen molar-refractivity contribution in [2.45, 2.75) is 19.1 Å². The molecule has 4 heteroatoms. The van der Waals surface area contributed by atoms with Crippen LogP contribution in [0.15, 0.2) is 65.7 Å². The van der Waals surface area contributed by atoms with Gasteiger partial charge >= 0.3 is 0 Å². The summed E-state index contributed by atoms with van der Waals surface area (Å²) in [5.41, 5.74) is 2.22. The van der Waals surface area contributed by atoms with E-state index >= 15 is 0 Å². The van der Waals surface area contributed by atoms with E-state index in [9.17, 15) is 4.79 Å². The summed E-state index contributed by atoms with van der Waals surface area (Å²) in [6, 6.07) is 20.2. The minimum Gasteiger partial charge on any atom is -0.462 e. The molecule has 1 aliphatic rings. The average Bonchev–Trinajstić information content (AvgIpc) is 2.99. The highest BCUT2D eigenvalue weighted by molar-refractivity contribution is 8.14. The van der Waals surface area contributed by atoms with Crippen LogP contribution in [0.25, 0.3) is 0 Å². The molecule has 0 aromatic heterocycles. The summed E-state index contributed by atoms with van der Waals surface area (Å²) >= 11 is 1.37. The van der Waals surface area contributed by atoms with E-state index in [2.05, 4.69) is 24.3 Å². The summed E-state index contributed by atoms with van der Waals surface area (Å²) in [7, 11) is 0. The molecule has 2 atom stereocenters. The van der Waals surface area contributed by atoms with Crippen molar-refractivity contribution in [3.8, 4) is 0 Å². The molecule has 2 aromatic rings. The zero-order valence-corrected chi connectivity index (χ0v) is 13.1. The van der Waals surface area contributed by atoms with Crippen LogP contribution in [0.1, 0.15) is 30.2 Å². The smallest absolute Gasteiger partial charge is 0.247 e. The van der Waals surface area contributed by atoms with Gasteiger partial charge in [-0.1, -0.05) is 72.4 Å². The van der Waals surface area contributed by atoms with E-state index < -0.39 is 0 Å². The Kier molecular flexibility index (Phi) is 4.59. The lowest BCUT2D eigenvalue weighted by Gasteiger charge is -2.18. The lowest BCUT2D eigenvalue weighted by Crippen LogP contribution is -2.08. The number of aliphatic imine (C=N–C) groups is 1. The minimum absolute atomic E-state index is 0.0712. The maximum atomic E-state index is 11.2. The first-order valence-corrected chi connectivity index (χ1v) is 8.19. The molecule has 0 bridgehead atoms. The normalized spacial score (nSPS) is 20.3. The fraction of sp³-hybridized carbons (Fsp3) is 0.222. The molecule has 0 saturated carbocycles. The topological polar surface area (TPSA) is 38.7 Å². The van der Waals surface area contributed by atoms with E-state index in [0.717, 1.165) is 11.1 Å². The number of thioether (sulfide) groups is 1. The van der Waals surface area contributed by atoms with E-state index in [1.165, 1.54) is 11.8 Å². The summed E-state index contributed by atoms with van der Waals surface area (Å²) < 4.78 is 6.03. The highest BCUT2D eigenvalue weighted by atomic mass is 32.2. The highest BCUT2D eigenvalue weighted by Crippen LogP contribution is 2.41. The molecule has 2 aromatic carbocycles. The largest absolute Gasteiger partial charge is 0.462 e. The van der Waals surface area contributed by atoms with Crippen molar-refractivity contribution in [2.24, 2.45) is 4.99 Å². The van der Waals surface area contributed by atoms with Gasteiger partial charge in [0.15, 0.2) is 6.10 Å². The molecule has 0 saturated heterocycles. The number of Topliss-reactive ketones (excluding diaryl/α,β-unsaturated/α-hetero) is 1. The van der Waals surface area contributed by atoms with Crippen molar-refractivity contribution in [2.75, 3.05) is 5.75 Å². The molecule has 0 spiro atoms. The van der Waals surface area contributed by atoms with Crippen LogP contribution in [0.2, 0.25) is 0 Å². The van der Waals surface area contributed by atoms with Crippen molar-refractivity contribution in [3.05, 3.63) is 71.8 Å². The van der Waals surface area contributed by atoms with Crippen molar-refractivity contribution in [1.29, 1.82) is 0 Å². The van der Waals surface area contributed by atoms with E-state index in [4.69, 9.17) is 9.73 Å². The first-order chi connectivity index (χ1) is 10.7. The fourth-order valence-electron chi connectivity index (χ4n) is 2.41.